The highest BCUT2D eigenvalue weighted by Gasteiger charge is 2.32. The molecule has 1 aliphatic rings. The number of nitrogens with one attached hydrogen (secondary N) is 1. The summed E-state index contributed by atoms with van der Waals surface area (Å²) in [5, 5.41) is 4.37. The van der Waals surface area contributed by atoms with E-state index in [9.17, 15) is 4.21 Å². The topological polar surface area (TPSA) is 29.1 Å². The lowest BCUT2D eigenvalue weighted by molar-refractivity contribution is 0.383. The van der Waals surface area contributed by atoms with Crippen LogP contribution in [-0.2, 0) is 10.8 Å². The Balaban J connectivity index is 2.67. The molecule has 2 nitrogen and oxygen atoms in total. The second-order valence-corrected chi connectivity index (χ2v) is 8.05. The highest BCUT2D eigenvalue weighted by atomic mass is 32.2. The van der Waals surface area contributed by atoms with Crippen LogP contribution in [0.25, 0.3) is 0 Å². The molecule has 0 aliphatic heterocycles. The van der Waals surface area contributed by atoms with Crippen molar-refractivity contribution in [2.24, 2.45) is 5.92 Å². The first kappa shape index (κ1) is 17.2. The minimum absolute atomic E-state index is 0.343. The molecule has 1 N–H and O–H groups in total. The Kier molecular flexibility index (Phi) is 8.24. The molecule has 0 amide bonds. The van der Waals surface area contributed by atoms with Gasteiger partial charge >= 0.3 is 0 Å². The van der Waals surface area contributed by atoms with Crippen molar-refractivity contribution in [2.75, 3.05) is 6.54 Å². The third-order valence-electron chi connectivity index (χ3n) is 4.43. The largest absolute Gasteiger partial charge is 0.313 e. The van der Waals surface area contributed by atoms with Gasteiger partial charge in [-0.25, -0.2) is 0 Å². The fourth-order valence-electron chi connectivity index (χ4n) is 3.44. The van der Waals surface area contributed by atoms with Crippen molar-refractivity contribution < 1.29 is 4.21 Å². The van der Waals surface area contributed by atoms with Gasteiger partial charge in [0.25, 0.3) is 0 Å². The summed E-state index contributed by atoms with van der Waals surface area (Å²) in [4.78, 5) is 0. The normalized spacial score (nSPS) is 28.8. The second-order valence-electron chi connectivity index (χ2n) is 6.12. The van der Waals surface area contributed by atoms with Gasteiger partial charge in [-0.2, -0.15) is 0 Å². The molecular weight excluding hydrogens is 254 g/mol. The zero-order valence-electron chi connectivity index (χ0n) is 13.3. The van der Waals surface area contributed by atoms with Crippen LogP contribution in [-0.4, -0.2) is 27.3 Å². The van der Waals surface area contributed by atoms with Crippen LogP contribution in [0.1, 0.15) is 72.6 Å². The fourth-order valence-corrected chi connectivity index (χ4v) is 5.74. The molecule has 0 bridgehead atoms. The summed E-state index contributed by atoms with van der Waals surface area (Å²) >= 11 is 0. The summed E-state index contributed by atoms with van der Waals surface area (Å²) in [5.74, 6) is 0.768. The smallest absolute Gasteiger partial charge is 0.0501 e. The fraction of sp³-hybridized carbons (Fsp3) is 1.00. The van der Waals surface area contributed by atoms with Gasteiger partial charge in [0.05, 0.1) is 5.25 Å². The molecule has 0 heterocycles. The summed E-state index contributed by atoms with van der Waals surface area (Å²) in [7, 11) is -0.661. The minimum atomic E-state index is -0.661. The predicted octanol–water partition coefficient (Wildman–Crippen LogP) is 3.87. The summed E-state index contributed by atoms with van der Waals surface area (Å²) in [6, 6.07) is 0.443. The summed E-state index contributed by atoms with van der Waals surface area (Å²) in [5.41, 5.74) is 0. The first-order valence-electron chi connectivity index (χ1n) is 8.26. The Bertz CT molecular complexity index is 263. The number of hydrogen-bond donors (Lipinski definition) is 1. The van der Waals surface area contributed by atoms with E-state index in [1.165, 1.54) is 32.1 Å². The van der Waals surface area contributed by atoms with Crippen molar-refractivity contribution in [2.45, 2.75) is 89.2 Å². The van der Waals surface area contributed by atoms with E-state index in [-0.39, 0.29) is 0 Å². The SMILES string of the molecule is CCCC(NCC)C(CC)S(=O)C1CCCC(C)C1. The van der Waals surface area contributed by atoms with E-state index >= 15 is 0 Å². The summed E-state index contributed by atoms with van der Waals surface area (Å²) in [6.45, 7) is 9.88. The van der Waals surface area contributed by atoms with Crippen LogP contribution in [0.15, 0.2) is 0 Å². The van der Waals surface area contributed by atoms with E-state index in [0.29, 0.717) is 16.5 Å². The average molecular weight is 288 g/mol. The maximum atomic E-state index is 12.9. The predicted molar refractivity (Wildman–Crippen MR) is 86.0 cm³/mol. The summed E-state index contributed by atoms with van der Waals surface area (Å²) < 4.78 is 12.9. The van der Waals surface area contributed by atoms with Crippen LogP contribution in [0.3, 0.4) is 0 Å². The maximum absolute atomic E-state index is 12.9. The minimum Gasteiger partial charge on any atom is -0.313 e. The van der Waals surface area contributed by atoms with Crippen LogP contribution in [0.5, 0.6) is 0 Å². The van der Waals surface area contributed by atoms with E-state index in [4.69, 9.17) is 0 Å². The molecule has 0 saturated heterocycles. The van der Waals surface area contributed by atoms with Crippen LogP contribution in [0.4, 0.5) is 0 Å². The molecule has 1 aliphatic carbocycles. The highest BCUT2D eigenvalue weighted by Crippen LogP contribution is 2.30. The van der Waals surface area contributed by atoms with E-state index in [1.807, 2.05) is 0 Å². The molecule has 19 heavy (non-hydrogen) atoms. The van der Waals surface area contributed by atoms with Crippen LogP contribution in [0.2, 0.25) is 0 Å². The maximum Gasteiger partial charge on any atom is 0.0501 e. The van der Waals surface area contributed by atoms with E-state index in [1.54, 1.807) is 0 Å². The van der Waals surface area contributed by atoms with Crippen molar-refractivity contribution in [1.29, 1.82) is 0 Å². The van der Waals surface area contributed by atoms with Gasteiger partial charge in [-0.3, -0.25) is 4.21 Å². The first-order chi connectivity index (χ1) is 9.13. The van der Waals surface area contributed by atoms with Crippen molar-refractivity contribution in [3.8, 4) is 0 Å². The van der Waals surface area contributed by atoms with Gasteiger partial charge < -0.3 is 5.32 Å². The molecule has 0 aromatic heterocycles. The second kappa shape index (κ2) is 9.12. The average Bonchev–Trinajstić information content (AvgIpc) is 2.40. The zero-order valence-corrected chi connectivity index (χ0v) is 14.1. The Labute approximate surface area is 122 Å². The molecule has 5 unspecified atom stereocenters. The molecular formula is C16H33NOS. The third kappa shape index (κ3) is 5.18. The molecule has 1 saturated carbocycles. The quantitative estimate of drug-likeness (QED) is 0.734. The molecule has 0 radical (unpaired) electrons. The molecule has 0 aromatic carbocycles. The standard InChI is InChI=1S/C16H33NOS/c1-5-9-15(17-7-3)16(6-2)19(18)14-11-8-10-13(4)12-14/h13-17H,5-12H2,1-4H3. The Morgan fingerprint density at radius 2 is 2.00 bits per heavy atom. The first-order valence-corrected chi connectivity index (χ1v) is 9.54. The van der Waals surface area contributed by atoms with Gasteiger partial charge in [0.1, 0.15) is 0 Å². The van der Waals surface area contributed by atoms with E-state index < -0.39 is 10.8 Å². The van der Waals surface area contributed by atoms with Crippen LogP contribution >= 0.6 is 0 Å². The molecule has 0 spiro atoms. The lowest BCUT2D eigenvalue weighted by Crippen LogP contribution is -2.45. The number of rotatable bonds is 8. The lowest BCUT2D eigenvalue weighted by atomic mass is 9.90. The zero-order chi connectivity index (χ0) is 14.3. The van der Waals surface area contributed by atoms with Crippen molar-refractivity contribution in [3.63, 3.8) is 0 Å². The van der Waals surface area contributed by atoms with Crippen LogP contribution < -0.4 is 5.32 Å². The monoisotopic (exact) mass is 287 g/mol. The molecule has 3 heteroatoms. The van der Waals surface area contributed by atoms with Gasteiger partial charge in [-0.05, 0) is 38.1 Å². The number of hydrogen-bond acceptors (Lipinski definition) is 2. The van der Waals surface area contributed by atoms with Gasteiger partial charge in [0.2, 0.25) is 0 Å². The van der Waals surface area contributed by atoms with Crippen molar-refractivity contribution in [3.05, 3.63) is 0 Å². The van der Waals surface area contributed by atoms with E-state index in [2.05, 4.69) is 33.0 Å². The summed E-state index contributed by atoms with van der Waals surface area (Å²) in [6.07, 6.45) is 8.32. The van der Waals surface area contributed by atoms with Crippen LogP contribution in [0, 0.1) is 5.92 Å². The van der Waals surface area contributed by atoms with Crippen molar-refractivity contribution in [1.82, 2.24) is 5.32 Å². The lowest BCUT2D eigenvalue weighted by Gasteiger charge is -2.33. The highest BCUT2D eigenvalue weighted by molar-refractivity contribution is 7.86. The Morgan fingerprint density at radius 3 is 2.53 bits per heavy atom. The third-order valence-corrected chi connectivity index (χ3v) is 6.78. The van der Waals surface area contributed by atoms with Gasteiger partial charge in [0, 0.05) is 22.1 Å². The Morgan fingerprint density at radius 1 is 1.26 bits per heavy atom. The molecule has 1 fully saturated rings. The molecule has 1 rings (SSSR count). The molecule has 5 atom stereocenters. The Hall–Kier alpha value is 0.110. The van der Waals surface area contributed by atoms with Gasteiger partial charge in [-0.1, -0.05) is 47.0 Å². The van der Waals surface area contributed by atoms with E-state index in [0.717, 1.165) is 25.3 Å². The van der Waals surface area contributed by atoms with Gasteiger partial charge in [-0.15, -0.1) is 0 Å². The molecule has 0 aromatic rings. The van der Waals surface area contributed by atoms with Crippen molar-refractivity contribution >= 4 is 10.8 Å². The van der Waals surface area contributed by atoms with Gasteiger partial charge in [0.15, 0.2) is 0 Å². The molecule has 114 valence electrons.